The number of hydrogen-bond acceptors (Lipinski definition) is 9. The van der Waals surface area contributed by atoms with Crippen molar-refractivity contribution in [3.8, 4) is 11.1 Å². The number of hydrogen-bond donors (Lipinski definition) is 0. The molecule has 214 valence electrons. The zero-order chi connectivity index (χ0) is 30.3. The molecule has 3 aromatic rings. The van der Waals surface area contributed by atoms with Crippen molar-refractivity contribution in [2.24, 2.45) is 0 Å². The Morgan fingerprint density at radius 3 is 2.12 bits per heavy atom. The normalized spacial score (nSPS) is 10.9. The summed E-state index contributed by atoms with van der Waals surface area (Å²) < 4.78 is 15.2. The number of carbonyl (C=O) groups excluding carboxylic acids is 4. The van der Waals surface area contributed by atoms with Crippen LogP contribution in [0.25, 0.3) is 11.1 Å². The fourth-order valence-corrected chi connectivity index (χ4v) is 4.00. The highest BCUT2D eigenvalue weighted by Gasteiger charge is 2.33. The third-order valence-corrected chi connectivity index (χ3v) is 5.74. The number of benzene rings is 3. The van der Waals surface area contributed by atoms with Crippen LogP contribution in [0.4, 0.5) is 16.2 Å². The van der Waals surface area contributed by atoms with E-state index >= 15 is 0 Å². The van der Waals surface area contributed by atoms with Crippen molar-refractivity contribution >= 4 is 35.2 Å². The molecule has 11 heteroatoms. The topological polar surface area (TPSA) is 142 Å². The number of nitro benzene ring substituents is 1. The SMILES string of the molecule is CCOC(=O)c1cccc([N+](=O)[O-])c1N(Cc1ccc(-c2ccccc2C(=O)C(=O)OC)cc1)C(=O)OC(C)(C)C. The van der Waals surface area contributed by atoms with Gasteiger partial charge < -0.3 is 14.2 Å². The van der Waals surface area contributed by atoms with Gasteiger partial charge in [0, 0.05) is 11.6 Å². The fourth-order valence-electron chi connectivity index (χ4n) is 4.00. The van der Waals surface area contributed by atoms with Gasteiger partial charge in [-0.1, -0.05) is 54.6 Å². The van der Waals surface area contributed by atoms with Crippen LogP contribution in [0.5, 0.6) is 0 Å². The Bertz CT molecular complexity index is 1470. The molecular weight excluding hydrogens is 532 g/mol. The molecule has 0 unspecified atom stereocenters. The Morgan fingerprint density at radius 2 is 1.54 bits per heavy atom. The third-order valence-electron chi connectivity index (χ3n) is 5.74. The summed E-state index contributed by atoms with van der Waals surface area (Å²) in [5, 5.41) is 12.0. The van der Waals surface area contributed by atoms with E-state index in [0.717, 1.165) is 12.0 Å². The lowest BCUT2D eigenvalue weighted by atomic mass is 9.96. The van der Waals surface area contributed by atoms with E-state index in [2.05, 4.69) is 4.74 Å². The average molecular weight is 563 g/mol. The number of methoxy groups -OCH3 is 1. The van der Waals surface area contributed by atoms with Crippen molar-refractivity contribution in [2.75, 3.05) is 18.6 Å². The van der Waals surface area contributed by atoms with Crippen LogP contribution in [-0.4, -0.2) is 48.1 Å². The summed E-state index contributed by atoms with van der Waals surface area (Å²) in [6.45, 7) is 6.37. The number of rotatable bonds is 9. The molecule has 0 aliphatic carbocycles. The standard InChI is InChI=1S/C30H30N2O9/c1-6-40-27(34)23-12-9-13-24(32(37)38)25(23)31(29(36)41-30(2,3)4)18-19-14-16-20(17-15-19)21-10-7-8-11-22(21)26(33)28(35)39-5/h7-17H,6,18H2,1-5H3. The number of para-hydroxylation sites is 1. The number of esters is 2. The zero-order valence-corrected chi connectivity index (χ0v) is 23.3. The molecule has 0 atom stereocenters. The monoisotopic (exact) mass is 562 g/mol. The van der Waals surface area contributed by atoms with E-state index in [1.165, 1.54) is 24.3 Å². The van der Waals surface area contributed by atoms with Gasteiger partial charge in [-0.2, -0.15) is 0 Å². The number of amides is 1. The maximum absolute atomic E-state index is 13.4. The quantitative estimate of drug-likeness (QED) is 0.0797. The molecule has 1 amide bonds. The molecule has 11 nitrogen and oxygen atoms in total. The fraction of sp³-hybridized carbons (Fsp3) is 0.267. The first-order valence-corrected chi connectivity index (χ1v) is 12.6. The summed E-state index contributed by atoms with van der Waals surface area (Å²) in [5.41, 5.74) is -0.0748. The summed E-state index contributed by atoms with van der Waals surface area (Å²) in [6, 6.07) is 17.1. The lowest BCUT2D eigenvalue weighted by Gasteiger charge is -2.28. The lowest BCUT2D eigenvalue weighted by Crippen LogP contribution is -2.37. The predicted octanol–water partition coefficient (Wildman–Crippen LogP) is 5.74. The van der Waals surface area contributed by atoms with Crippen LogP contribution < -0.4 is 4.90 Å². The molecule has 0 saturated heterocycles. The lowest BCUT2D eigenvalue weighted by molar-refractivity contribution is -0.384. The van der Waals surface area contributed by atoms with E-state index in [1.807, 2.05) is 0 Å². The molecule has 0 bridgehead atoms. The number of nitrogens with zero attached hydrogens (tertiary/aromatic N) is 2. The van der Waals surface area contributed by atoms with Gasteiger partial charge in [0.05, 0.1) is 30.7 Å². The molecule has 0 heterocycles. The minimum absolute atomic E-state index is 0.0226. The van der Waals surface area contributed by atoms with Crippen LogP contribution in [0.15, 0.2) is 66.7 Å². The molecule has 3 aromatic carbocycles. The summed E-state index contributed by atoms with van der Waals surface area (Å²) in [5.74, 6) is -2.63. The molecule has 0 radical (unpaired) electrons. The van der Waals surface area contributed by atoms with Crippen LogP contribution in [-0.2, 0) is 25.5 Å². The van der Waals surface area contributed by atoms with Crippen LogP contribution >= 0.6 is 0 Å². The van der Waals surface area contributed by atoms with Crippen molar-refractivity contribution in [1.29, 1.82) is 0 Å². The van der Waals surface area contributed by atoms with E-state index in [-0.39, 0.29) is 30.0 Å². The van der Waals surface area contributed by atoms with Crippen LogP contribution in [0.3, 0.4) is 0 Å². The van der Waals surface area contributed by atoms with Gasteiger partial charge in [-0.05, 0) is 50.5 Å². The van der Waals surface area contributed by atoms with Crippen molar-refractivity contribution in [3.63, 3.8) is 0 Å². The molecule has 41 heavy (non-hydrogen) atoms. The number of Topliss-reactive ketones (excluding diaryl/α,β-unsaturated/α-hetero) is 1. The number of ketones is 1. The van der Waals surface area contributed by atoms with Gasteiger partial charge in [-0.25, -0.2) is 14.4 Å². The van der Waals surface area contributed by atoms with E-state index in [1.54, 1.807) is 70.2 Å². The summed E-state index contributed by atoms with van der Waals surface area (Å²) in [7, 11) is 1.12. The molecule has 0 fully saturated rings. The highest BCUT2D eigenvalue weighted by Crippen LogP contribution is 2.35. The summed E-state index contributed by atoms with van der Waals surface area (Å²) in [4.78, 5) is 62.9. The van der Waals surface area contributed by atoms with Gasteiger partial charge in [0.25, 0.3) is 11.5 Å². The Morgan fingerprint density at radius 1 is 0.902 bits per heavy atom. The van der Waals surface area contributed by atoms with Crippen molar-refractivity contribution in [3.05, 3.63) is 93.5 Å². The Kier molecular flexibility index (Phi) is 9.56. The van der Waals surface area contributed by atoms with Gasteiger partial charge in [-0.15, -0.1) is 0 Å². The zero-order valence-electron chi connectivity index (χ0n) is 23.3. The van der Waals surface area contributed by atoms with E-state index in [0.29, 0.717) is 16.7 Å². The van der Waals surface area contributed by atoms with Gasteiger partial charge in [0.15, 0.2) is 0 Å². The molecular formula is C30H30N2O9. The highest BCUT2D eigenvalue weighted by atomic mass is 16.6. The van der Waals surface area contributed by atoms with Gasteiger partial charge >= 0.3 is 18.0 Å². The van der Waals surface area contributed by atoms with Gasteiger partial charge in [-0.3, -0.25) is 19.8 Å². The predicted molar refractivity (Wildman–Crippen MR) is 150 cm³/mol. The van der Waals surface area contributed by atoms with Gasteiger partial charge in [0.1, 0.15) is 11.3 Å². The third kappa shape index (κ3) is 7.33. The molecule has 0 aliphatic rings. The Balaban J connectivity index is 2.09. The van der Waals surface area contributed by atoms with Gasteiger partial charge in [0.2, 0.25) is 0 Å². The van der Waals surface area contributed by atoms with E-state index in [4.69, 9.17) is 9.47 Å². The molecule has 0 N–H and O–H groups in total. The van der Waals surface area contributed by atoms with Crippen molar-refractivity contribution in [1.82, 2.24) is 0 Å². The second-order valence-corrected chi connectivity index (χ2v) is 9.78. The largest absolute Gasteiger partial charge is 0.463 e. The summed E-state index contributed by atoms with van der Waals surface area (Å²) >= 11 is 0. The number of carbonyl (C=O) groups is 4. The molecule has 3 rings (SSSR count). The molecule has 0 saturated carbocycles. The van der Waals surface area contributed by atoms with E-state index in [9.17, 15) is 29.3 Å². The number of ether oxygens (including phenoxy) is 3. The summed E-state index contributed by atoms with van der Waals surface area (Å²) in [6.07, 6.45) is -0.907. The Hall–Kier alpha value is -5.06. The van der Waals surface area contributed by atoms with Crippen molar-refractivity contribution in [2.45, 2.75) is 39.8 Å². The smallest absolute Gasteiger partial charge is 0.415 e. The highest BCUT2D eigenvalue weighted by molar-refractivity contribution is 6.41. The minimum atomic E-state index is -0.996. The van der Waals surface area contributed by atoms with Crippen LogP contribution in [0, 0.1) is 10.1 Å². The average Bonchev–Trinajstić information content (AvgIpc) is 2.94. The molecule has 0 aromatic heterocycles. The minimum Gasteiger partial charge on any atom is -0.463 e. The first kappa shape index (κ1) is 30.5. The van der Waals surface area contributed by atoms with Crippen LogP contribution in [0.2, 0.25) is 0 Å². The van der Waals surface area contributed by atoms with E-state index < -0.39 is 40.0 Å². The number of anilines is 1. The van der Waals surface area contributed by atoms with Crippen LogP contribution in [0.1, 0.15) is 54.0 Å². The Labute approximate surface area is 236 Å². The maximum Gasteiger partial charge on any atom is 0.415 e. The first-order valence-electron chi connectivity index (χ1n) is 12.6. The second kappa shape index (κ2) is 12.9. The molecule has 0 aliphatic heterocycles. The maximum atomic E-state index is 13.4. The van der Waals surface area contributed by atoms with Crippen molar-refractivity contribution < 1.29 is 38.3 Å². The second-order valence-electron chi connectivity index (χ2n) is 9.78. The first-order chi connectivity index (χ1) is 19.4. The molecule has 0 spiro atoms. The number of nitro groups is 1.